The van der Waals surface area contributed by atoms with Crippen LogP contribution in [0, 0.1) is 0 Å². The zero-order valence-electron chi connectivity index (χ0n) is 9.69. The lowest BCUT2D eigenvalue weighted by molar-refractivity contribution is 0.0657. The summed E-state index contributed by atoms with van der Waals surface area (Å²) in [7, 11) is 0. The van der Waals surface area contributed by atoms with Crippen LogP contribution in [0.25, 0.3) is 0 Å². The third-order valence-corrected chi connectivity index (χ3v) is 3.12. The van der Waals surface area contributed by atoms with E-state index in [1.54, 1.807) is 0 Å². The van der Waals surface area contributed by atoms with Gasteiger partial charge in [0.05, 0.1) is 5.69 Å². The Balaban J connectivity index is 2.34. The van der Waals surface area contributed by atoms with Crippen molar-refractivity contribution in [3.8, 4) is 0 Å². The van der Waals surface area contributed by atoms with Crippen LogP contribution in [0.3, 0.4) is 0 Å². The van der Waals surface area contributed by atoms with E-state index in [2.05, 4.69) is 4.98 Å². The van der Waals surface area contributed by atoms with E-state index in [-0.39, 0.29) is 11.7 Å². The highest BCUT2D eigenvalue weighted by Gasteiger charge is 2.27. The minimum absolute atomic E-state index is 0.0249. The molecule has 1 fully saturated rings. The summed E-state index contributed by atoms with van der Waals surface area (Å²) in [6, 6.07) is 0. The molecule has 0 bridgehead atoms. The van der Waals surface area contributed by atoms with E-state index in [9.17, 15) is 4.79 Å². The molecule has 88 valence electrons. The van der Waals surface area contributed by atoms with Crippen molar-refractivity contribution in [1.29, 1.82) is 0 Å². The highest BCUT2D eigenvalue weighted by atomic mass is 16.4. The van der Waals surface area contributed by atoms with Crippen LogP contribution in [-0.2, 0) is 0 Å². The molecular formula is C12H17NO3. The van der Waals surface area contributed by atoms with Crippen molar-refractivity contribution >= 4 is 5.97 Å². The molecule has 0 aromatic carbocycles. The van der Waals surface area contributed by atoms with Crippen molar-refractivity contribution in [1.82, 2.24) is 4.98 Å². The van der Waals surface area contributed by atoms with Crippen molar-refractivity contribution in [2.75, 3.05) is 0 Å². The second-order valence-electron chi connectivity index (χ2n) is 4.71. The lowest BCUT2D eigenvalue weighted by atomic mass is 10.1. The van der Waals surface area contributed by atoms with Crippen molar-refractivity contribution in [3.05, 3.63) is 17.3 Å². The van der Waals surface area contributed by atoms with E-state index in [1.807, 2.05) is 13.8 Å². The largest absolute Gasteiger partial charge is 0.475 e. The number of nitrogens with zero attached hydrogens (tertiary/aromatic N) is 1. The number of carboxylic acid groups (broad SMARTS) is 1. The maximum Gasteiger partial charge on any atom is 0.373 e. The molecule has 0 spiro atoms. The summed E-state index contributed by atoms with van der Waals surface area (Å²) in [5.41, 5.74) is 0.578. The Kier molecular flexibility index (Phi) is 2.99. The van der Waals surface area contributed by atoms with Crippen LogP contribution < -0.4 is 0 Å². The molecule has 4 heteroatoms. The molecule has 1 aromatic heterocycles. The van der Waals surface area contributed by atoms with E-state index in [1.165, 1.54) is 12.8 Å². The highest BCUT2D eigenvalue weighted by Crippen LogP contribution is 2.35. The molecule has 0 unspecified atom stereocenters. The average molecular weight is 223 g/mol. The summed E-state index contributed by atoms with van der Waals surface area (Å²) < 4.78 is 5.41. The first-order valence-electron chi connectivity index (χ1n) is 5.83. The van der Waals surface area contributed by atoms with Gasteiger partial charge in [0.15, 0.2) is 5.89 Å². The molecule has 1 heterocycles. The third kappa shape index (κ3) is 1.96. The van der Waals surface area contributed by atoms with Gasteiger partial charge in [-0.05, 0) is 18.8 Å². The van der Waals surface area contributed by atoms with Crippen LogP contribution in [0.4, 0.5) is 0 Å². The zero-order valence-corrected chi connectivity index (χ0v) is 9.69. The van der Waals surface area contributed by atoms with Gasteiger partial charge >= 0.3 is 5.97 Å². The van der Waals surface area contributed by atoms with Crippen molar-refractivity contribution in [2.24, 2.45) is 0 Å². The van der Waals surface area contributed by atoms with Crippen LogP contribution in [0.2, 0.25) is 0 Å². The highest BCUT2D eigenvalue weighted by molar-refractivity contribution is 5.85. The van der Waals surface area contributed by atoms with Crippen LogP contribution in [0.5, 0.6) is 0 Å². The van der Waals surface area contributed by atoms with Crippen LogP contribution in [0.15, 0.2) is 4.42 Å². The molecule has 0 amide bonds. The number of rotatable bonds is 3. The van der Waals surface area contributed by atoms with Gasteiger partial charge in [-0.15, -0.1) is 0 Å². The molecule has 1 aromatic rings. The van der Waals surface area contributed by atoms with Crippen molar-refractivity contribution in [3.63, 3.8) is 0 Å². The predicted octanol–water partition coefficient (Wildman–Crippen LogP) is 3.15. The predicted molar refractivity (Wildman–Crippen MR) is 58.8 cm³/mol. The molecule has 0 radical (unpaired) electrons. The zero-order chi connectivity index (χ0) is 11.7. The molecule has 0 saturated heterocycles. The SMILES string of the molecule is CC(C)c1nc(C2CCCC2)oc1C(=O)O. The van der Waals surface area contributed by atoms with E-state index >= 15 is 0 Å². The molecule has 1 saturated carbocycles. The number of carboxylic acids is 1. The fourth-order valence-corrected chi connectivity index (χ4v) is 2.24. The molecule has 1 N–H and O–H groups in total. The molecule has 2 rings (SSSR count). The minimum atomic E-state index is -1.01. The lowest BCUT2D eigenvalue weighted by Gasteiger charge is -2.01. The Morgan fingerprint density at radius 1 is 1.44 bits per heavy atom. The molecule has 0 atom stereocenters. The Hall–Kier alpha value is -1.32. The second-order valence-corrected chi connectivity index (χ2v) is 4.71. The number of aromatic nitrogens is 1. The number of carbonyl (C=O) groups is 1. The van der Waals surface area contributed by atoms with E-state index in [0.29, 0.717) is 17.5 Å². The fraction of sp³-hybridized carbons (Fsp3) is 0.667. The number of oxazole rings is 1. The first-order valence-corrected chi connectivity index (χ1v) is 5.83. The van der Waals surface area contributed by atoms with Crippen LogP contribution in [0.1, 0.15) is 73.5 Å². The molecule has 1 aliphatic rings. The summed E-state index contributed by atoms with van der Waals surface area (Å²) in [6.45, 7) is 3.87. The monoisotopic (exact) mass is 223 g/mol. The minimum Gasteiger partial charge on any atom is -0.475 e. The van der Waals surface area contributed by atoms with Gasteiger partial charge in [-0.2, -0.15) is 0 Å². The fourth-order valence-electron chi connectivity index (χ4n) is 2.24. The van der Waals surface area contributed by atoms with Crippen LogP contribution in [-0.4, -0.2) is 16.1 Å². The summed E-state index contributed by atoms with van der Waals surface area (Å²) in [4.78, 5) is 15.4. The smallest absolute Gasteiger partial charge is 0.373 e. The second kappa shape index (κ2) is 4.28. The third-order valence-electron chi connectivity index (χ3n) is 3.12. The summed E-state index contributed by atoms with van der Waals surface area (Å²) in [5.74, 6) is 0.0477. The molecule has 0 aliphatic heterocycles. The Morgan fingerprint density at radius 2 is 2.06 bits per heavy atom. The normalized spacial score (nSPS) is 17.2. The van der Waals surface area contributed by atoms with Gasteiger partial charge in [0.1, 0.15) is 0 Å². The first kappa shape index (κ1) is 11.2. The van der Waals surface area contributed by atoms with E-state index in [4.69, 9.17) is 9.52 Å². The summed E-state index contributed by atoms with van der Waals surface area (Å²) in [5, 5.41) is 9.04. The molecule has 1 aliphatic carbocycles. The van der Waals surface area contributed by atoms with Crippen LogP contribution >= 0.6 is 0 Å². The van der Waals surface area contributed by atoms with Crippen molar-refractivity contribution in [2.45, 2.75) is 51.4 Å². The van der Waals surface area contributed by atoms with Gasteiger partial charge in [-0.25, -0.2) is 9.78 Å². The van der Waals surface area contributed by atoms with Gasteiger partial charge in [0, 0.05) is 5.92 Å². The van der Waals surface area contributed by atoms with Gasteiger partial charge in [-0.3, -0.25) is 0 Å². The molecular weight excluding hydrogens is 206 g/mol. The maximum atomic E-state index is 11.0. The van der Waals surface area contributed by atoms with Crippen molar-refractivity contribution < 1.29 is 14.3 Å². The Bertz CT molecular complexity index is 389. The number of hydrogen-bond acceptors (Lipinski definition) is 3. The standard InChI is InChI=1S/C12H17NO3/c1-7(2)9-10(12(14)15)16-11(13-9)8-5-3-4-6-8/h7-8H,3-6H2,1-2H3,(H,14,15). The lowest BCUT2D eigenvalue weighted by Crippen LogP contribution is -2.01. The quantitative estimate of drug-likeness (QED) is 0.854. The van der Waals surface area contributed by atoms with Gasteiger partial charge in [0.2, 0.25) is 5.76 Å². The van der Waals surface area contributed by atoms with E-state index < -0.39 is 5.97 Å². The van der Waals surface area contributed by atoms with Gasteiger partial charge < -0.3 is 9.52 Å². The summed E-state index contributed by atoms with van der Waals surface area (Å²) >= 11 is 0. The topological polar surface area (TPSA) is 63.3 Å². The Labute approximate surface area is 94.7 Å². The summed E-state index contributed by atoms with van der Waals surface area (Å²) in [6.07, 6.45) is 4.51. The first-order chi connectivity index (χ1) is 7.59. The average Bonchev–Trinajstić information content (AvgIpc) is 2.86. The van der Waals surface area contributed by atoms with E-state index in [0.717, 1.165) is 12.8 Å². The molecule has 4 nitrogen and oxygen atoms in total. The number of hydrogen-bond donors (Lipinski definition) is 1. The van der Waals surface area contributed by atoms with Gasteiger partial charge in [0.25, 0.3) is 0 Å². The van der Waals surface area contributed by atoms with Gasteiger partial charge in [-0.1, -0.05) is 26.7 Å². The molecule has 16 heavy (non-hydrogen) atoms. The maximum absolute atomic E-state index is 11.0. The Morgan fingerprint density at radius 3 is 2.50 bits per heavy atom. The number of aromatic carboxylic acids is 1.